The van der Waals surface area contributed by atoms with Gasteiger partial charge in [-0.25, -0.2) is 0 Å². The van der Waals surface area contributed by atoms with E-state index < -0.39 is 11.8 Å². The standard InChI is InChI=1S/C20H22N2O5/c1-2-3-10-25-16-7-5-15(6-8-16)22-20(24)19(23)21-12-14-4-9-17-18(11-14)27-13-26-17/h4-9,11H,2-3,10,12-13H2,1H3,(H,21,23)(H,22,24). The fourth-order valence-electron chi connectivity index (χ4n) is 2.47. The molecule has 1 aliphatic heterocycles. The van der Waals surface area contributed by atoms with Crippen molar-refractivity contribution in [2.45, 2.75) is 26.3 Å². The highest BCUT2D eigenvalue weighted by molar-refractivity contribution is 6.39. The van der Waals surface area contributed by atoms with Gasteiger partial charge in [-0.15, -0.1) is 0 Å². The molecule has 0 radical (unpaired) electrons. The molecule has 7 nitrogen and oxygen atoms in total. The Morgan fingerprint density at radius 1 is 1.04 bits per heavy atom. The van der Waals surface area contributed by atoms with Crippen molar-refractivity contribution in [3.63, 3.8) is 0 Å². The van der Waals surface area contributed by atoms with E-state index in [0.717, 1.165) is 24.2 Å². The highest BCUT2D eigenvalue weighted by atomic mass is 16.7. The third-order valence-corrected chi connectivity index (χ3v) is 3.98. The molecule has 0 saturated heterocycles. The van der Waals surface area contributed by atoms with Crippen LogP contribution >= 0.6 is 0 Å². The van der Waals surface area contributed by atoms with Gasteiger partial charge in [0.25, 0.3) is 0 Å². The Kier molecular flexibility index (Phi) is 6.14. The first-order valence-corrected chi connectivity index (χ1v) is 8.86. The van der Waals surface area contributed by atoms with Crippen LogP contribution in [0.5, 0.6) is 17.2 Å². The average Bonchev–Trinajstić information content (AvgIpc) is 3.15. The van der Waals surface area contributed by atoms with Gasteiger partial charge in [-0.1, -0.05) is 19.4 Å². The van der Waals surface area contributed by atoms with Gasteiger partial charge in [-0.2, -0.15) is 0 Å². The highest BCUT2D eigenvalue weighted by Crippen LogP contribution is 2.32. The number of fused-ring (bicyclic) bond motifs is 1. The van der Waals surface area contributed by atoms with E-state index in [-0.39, 0.29) is 13.3 Å². The monoisotopic (exact) mass is 370 g/mol. The summed E-state index contributed by atoms with van der Waals surface area (Å²) < 4.78 is 16.1. The molecular weight excluding hydrogens is 348 g/mol. The maximum absolute atomic E-state index is 12.0. The van der Waals surface area contributed by atoms with E-state index in [1.54, 1.807) is 36.4 Å². The molecule has 0 spiro atoms. The van der Waals surface area contributed by atoms with Gasteiger partial charge in [0.2, 0.25) is 6.79 Å². The summed E-state index contributed by atoms with van der Waals surface area (Å²) in [4.78, 5) is 24.0. The van der Waals surface area contributed by atoms with Gasteiger partial charge < -0.3 is 24.8 Å². The second-order valence-electron chi connectivity index (χ2n) is 6.05. The minimum absolute atomic E-state index is 0.190. The molecule has 0 saturated carbocycles. The number of nitrogens with one attached hydrogen (secondary N) is 2. The lowest BCUT2D eigenvalue weighted by molar-refractivity contribution is -0.136. The number of anilines is 1. The van der Waals surface area contributed by atoms with Crippen LogP contribution in [0, 0.1) is 0 Å². The lowest BCUT2D eigenvalue weighted by atomic mass is 10.2. The molecule has 0 aliphatic carbocycles. The molecule has 1 heterocycles. The van der Waals surface area contributed by atoms with Crippen molar-refractivity contribution in [3.05, 3.63) is 48.0 Å². The SMILES string of the molecule is CCCCOc1ccc(NC(=O)C(=O)NCc2ccc3c(c2)OCO3)cc1. The van der Waals surface area contributed by atoms with Gasteiger partial charge in [0, 0.05) is 12.2 Å². The van der Waals surface area contributed by atoms with E-state index in [2.05, 4.69) is 17.6 Å². The lowest BCUT2D eigenvalue weighted by Crippen LogP contribution is -2.34. The van der Waals surface area contributed by atoms with Crippen LogP contribution in [0.3, 0.4) is 0 Å². The van der Waals surface area contributed by atoms with Crippen LogP contribution in [0.2, 0.25) is 0 Å². The summed E-state index contributed by atoms with van der Waals surface area (Å²) in [5.41, 5.74) is 1.34. The number of ether oxygens (including phenoxy) is 3. The fourth-order valence-corrected chi connectivity index (χ4v) is 2.47. The van der Waals surface area contributed by atoms with E-state index >= 15 is 0 Å². The quantitative estimate of drug-likeness (QED) is 0.578. The first-order chi connectivity index (χ1) is 13.2. The summed E-state index contributed by atoms with van der Waals surface area (Å²) in [6.45, 7) is 3.16. The number of carbonyl (C=O) groups excluding carboxylic acids is 2. The van der Waals surface area contributed by atoms with Gasteiger partial charge >= 0.3 is 11.8 Å². The third kappa shape index (κ3) is 5.13. The predicted molar refractivity (Wildman–Crippen MR) is 99.9 cm³/mol. The van der Waals surface area contributed by atoms with Gasteiger partial charge in [-0.3, -0.25) is 9.59 Å². The largest absolute Gasteiger partial charge is 0.494 e. The van der Waals surface area contributed by atoms with Crippen LogP contribution in [0.4, 0.5) is 5.69 Å². The van der Waals surface area contributed by atoms with Crippen molar-refractivity contribution >= 4 is 17.5 Å². The average molecular weight is 370 g/mol. The minimum atomic E-state index is -0.726. The number of hydrogen-bond donors (Lipinski definition) is 2. The van der Waals surface area contributed by atoms with Crippen LogP contribution in [0.1, 0.15) is 25.3 Å². The number of unbranched alkanes of at least 4 members (excludes halogenated alkanes) is 1. The topological polar surface area (TPSA) is 85.9 Å². The molecule has 1 aliphatic rings. The first kappa shape index (κ1) is 18.6. The second kappa shape index (κ2) is 8.93. The summed E-state index contributed by atoms with van der Waals surface area (Å²) in [5, 5.41) is 5.15. The van der Waals surface area contributed by atoms with Crippen molar-refractivity contribution in [1.82, 2.24) is 5.32 Å². The molecule has 2 N–H and O–H groups in total. The minimum Gasteiger partial charge on any atom is -0.494 e. The van der Waals surface area contributed by atoms with Crippen LogP contribution in [0.15, 0.2) is 42.5 Å². The third-order valence-electron chi connectivity index (χ3n) is 3.98. The maximum atomic E-state index is 12.0. The summed E-state index contributed by atoms with van der Waals surface area (Å²) >= 11 is 0. The molecule has 7 heteroatoms. The summed E-state index contributed by atoms with van der Waals surface area (Å²) in [6.07, 6.45) is 2.05. The lowest BCUT2D eigenvalue weighted by Gasteiger charge is -2.09. The molecule has 2 amide bonds. The van der Waals surface area contributed by atoms with Crippen LogP contribution in [-0.4, -0.2) is 25.2 Å². The van der Waals surface area contributed by atoms with Crippen molar-refractivity contribution in [1.29, 1.82) is 0 Å². The van der Waals surface area contributed by atoms with Gasteiger partial charge in [0.1, 0.15) is 5.75 Å². The molecule has 3 rings (SSSR count). The zero-order valence-electron chi connectivity index (χ0n) is 15.1. The number of hydrogen-bond acceptors (Lipinski definition) is 5. The van der Waals surface area contributed by atoms with Crippen molar-refractivity contribution in [2.75, 3.05) is 18.7 Å². The summed E-state index contributed by atoms with van der Waals surface area (Å²) in [5.74, 6) is 0.595. The Labute approximate surface area is 157 Å². The molecule has 0 atom stereocenters. The number of carbonyl (C=O) groups is 2. The normalized spacial score (nSPS) is 11.7. The van der Waals surface area contributed by atoms with Crippen molar-refractivity contribution < 1.29 is 23.8 Å². The number of amides is 2. The Balaban J connectivity index is 1.46. The maximum Gasteiger partial charge on any atom is 0.313 e. The van der Waals surface area contributed by atoms with Gasteiger partial charge in [-0.05, 0) is 48.4 Å². The molecular formula is C20H22N2O5. The van der Waals surface area contributed by atoms with E-state index in [1.165, 1.54) is 0 Å². The molecule has 0 aromatic heterocycles. The van der Waals surface area contributed by atoms with Gasteiger partial charge in [0.05, 0.1) is 6.61 Å². The molecule has 0 bridgehead atoms. The number of rotatable bonds is 7. The van der Waals surface area contributed by atoms with E-state index in [4.69, 9.17) is 14.2 Å². The zero-order valence-corrected chi connectivity index (χ0v) is 15.1. The summed E-state index contributed by atoms with van der Waals surface area (Å²) in [7, 11) is 0. The Morgan fingerprint density at radius 2 is 1.81 bits per heavy atom. The molecule has 2 aromatic carbocycles. The Bertz CT molecular complexity index is 805. The van der Waals surface area contributed by atoms with Crippen molar-refractivity contribution in [2.24, 2.45) is 0 Å². The van der Waals surface area contributed by atoms with Crippen LogP contribution < -0.4 is 24.8 Å². The molecule has 0 unspecified atom stereocenters. The predicted octanol–water partition coefficient (Wildman–Crippen LogP) is 2.85. The second-order valence-corrected chi connectivity index (χ2v) is 6.05. The molecule has 0 fully saturated rings. The fraction of sp³-hybridized carbons (Fsp3) is 0.300. The van der Waals surface area contributed by atoms with E-state index in [9.17, 15) is 9.59 Å². The van der Waals surface area contributed by atoms with Crippen molar-refractivity contribution in [3.8, 4) is 17.2 Å². The Hall–Kier alpha value is -3.22. The zero-order chi connectivity index (χ0) is 19.1. The molecule has 142 valence electrons. The summed E-state index contributed by atoms with van der Waals surface area (Å²) in [6, 6.07) is 12.3. The number of benzene rings is 2. The van der Waals surface area contributed by atoms with E-state index in [0.29, 0.717) is 23.8 Å². The van der Waals surface area contributed by atoms with Crippen LogP contribution in [-0.2, 0) is 16.1 Å². The molecule has 2 aromatic rings. The van der Waals surface area contributed by atoms with Crippen LogP contribution in [0.25, 0.3) is 0 Å². The highest BCUT2D eigenvalue weighted by Gasteiger charge is 2.16. The Morgan fingerprint density at radius 3 is 2.59 bits per heavy atom. The first-order valence-electron chi connectivity index (χ1n) is 8.86. The van der Waals surface area contributed by atoms with E-state index in [1.807, 2.05) is 6.07 Å². The molecule has 27 heavy (non-hydrogen) atoms. The smallest absolute Gasteiger partial charge is 0.313 e. The van der Waals surface area contributed by atoms with Gasteiger partial charge in [0.15, 0.2) is 11.5 Å².